The number of hydrogen-bond acceptors (Lipinski definition) is 5. The molecular weight excluding hydrogens is 338 g/mol. The number of benzene rings is 1. The number of aromatic nitrogens is 2. The number of nitrogens with zero attached hydrogens (tertiary/aromatic N) is 2. The number of nitrogens with one attached hydrogen (secondary N) is 1. The molecule has 132 valence electrons. The van der Waals surface area contributed by atoms with Crippen molar-refractivity contribution in [1.29, 1.82) is 0 Å². The van der Waals surface area contributed by atoms with Crippen LogP contribution in [0.4, 0.5) is 0 Å². The van der Waals surface area contributed by atoms with Crippen molar-refractivity contribution in [3.63, 3.8) is 0 Å². The normalized spacial score (nSPS) is 14.1. The summed E-state index contributed by atoms with van der Waals surface area (Å²) < 4.78 is 7.33. The summed E-state index contributed by atoms with van der Waals surface area (Å²) in [4.78, 5) is 28.6. The highest BCUT2D eigenvalue weighted by Crippen LogP contribution is 2.20. The van der Waals surface area contributed by atoms with Crippen LogP contribution in [0.15, 0.2) is 46.5 Å². The molecule has 0 spiro atoms. The molecule has 1 aromatic heterocycles. The molecule has 1 unspecified atom stereocenters. The highest BCUT2D eigenvalue weighted by Gasteiger charge is 2.19. The minimum Gasteiger partial charge on any atom is -0.374 e. The number of amides is 1. The highest BCUT2D eigenvalue weighted by molar-refractivity contribution is 7.99. The Labute approximate surface area is 150 Å². The summed E-state index contributed by atoms with van der Waals surface area (Å²) in [5, 5.41) is 3.45. The first-order valence-electron chi connectivity index (χ1n) is 8.34. The van der Waals surface area contributed by atoms with E-state index in [0.29, 0.717) is 31.3 Å². The molecule has 0 saturated heterocycles. The van der Waals surface area contributed by atoms with Crippen molar-refractivity contribution in [2.24, 2.45) is 0 Å². The number of hydrogen-bond donors (Lipinski definition) is 1. The molecule has 1 atom stereocenters. The summed E-state index contributed by atoms with van der Waals surface area (Å²) >= 11 is 1.53. The molecule has 1 aliphatic heterocycles. The van der Waals surface area contributed by atoms with Crippen LogP contribution in [0.2, 0.25) is 0 Å². The zero-order valence-corrected chi connectivity index (χ0v) is 14.9. The molecule has 1 amide bonds. The molecule has 7 heteroatoms. The SMILES string of the molecule is CC(OCCCNC(=O)c1cnc2n(c1=O)CCS2)c1ccccc1. The van der Waals surface area contributed by atoms with Crippen LogP contribution in [0.3, 0.4) is 0 Å². The van der Waals surface area contributed by atoms with Crippen LogP contribution < -0.4 is 10.9 Å². The second-order valence-corrected chi connectivity index (χ2v) is 6.85. The molecule has 0 saturated carbocycles. The van der Waals surface area contributed by atoms with Crippen molar-refractivity contribution < 1.29 is 9.53 Å². The van der Waals surface area contributed by atoms with E-state index < -0.39 is 0 Å². The summed E-state index contributed by atoms with van der Waals surface area (Å²) in [6.07, 6.45) is 2.06. The number of thioether (sulfide) groups is 1. The van der Waals surface area contributed by atoms with Crippen molar-refractivity contribution >= 4 is 17.7 Å². The maximum Gasteiger partial charge on any atom is 0.267 e. The van der Waals surface area contributed by atoms with E-state index in [2.05, 4.69) is 10.3 Å². The van der Waals surface area contributed by atoms with Crippen LogP contribution in [0, 0.1) is 0 Å². The van der Waals surface area contributed by atoms with E-state index in [-0.39, 0.29) is 23.1 Å². The van der Waals surface area contributed by atoms with Crippen LogP contribution in [-0.4, -0.2) is 34.4 Å². The number of rotatable bonds is 7. The summed E-state index contributed by atoms with van der Waals surface area (Å²) in [5.41, 5.74) is 0.966. The van der Waals surface area contributed by atoms with E-state index >= 15 is 0 Å². The Morgan fingerprint density at radius 3 is 3.00 bits per heavy atom. The first-order valence-corrected chi connectivity index (χ1v) is 9.33. The van der Waals surface area contributed by atoms with E-state index in [1.165, 1.54) is 18.0 Å². The van der Waals surface area contributed by atoms with Gasteiger partial charge in [0.1, 0.15) is 5.56 Å². The Kier molecular flexibility index (Phi) is 5.88. The zero-order chi connectivity index (χ0) is 17.6. The molecule has 2 heterocycles. The van der Waals surface area contributed by atoms with Gasteiger partial charge >= 0.3 is 0 Å². The van der Waals surface area contributed by atoms with Gasteiger partial charge in [-0.15, -0.1) is 0 Å². The van der Waals surface area contributed by atoms with Gasteiger partial charge in [-0.2, -0.15) is 0 Å². The van der Waals surface area contributed by atoms with E-state index in [0.717, 1.165) is 11.3 Å². The number of ether oxygens (including phenoxy) is 1. The third kappa shape index (κ3) is 4.29. The van der Waals surface area contributed by atoms with Gasteiger partial charge < -0.3 is 10.1 Å². The average molecular weight is 359 g/mol. The monoisotopic (exact) mass is 359 g/mol. The lowest BCUT2D eigenvalue weighted by molar-refractivity contribution is 0.0635. The van der Waals surface area contributed by atoms with Crippen molar-refractivity contribution in [2.75, 3.05) is 18.9 Å². The fourth-order valence-electron chi connectivity index (χ4n) is 2.62. The van der Waals surface area contributed by atoms with Crippen molar-refractivity contribution in [3.8, 4) is 0 Å². The van der Waals surface area contributed by atoms with Gasteiger partial charge in [0, 0.05) is 31.6 Å². The van der Waals surface area contributed by atoms with E-state index in [4.69, 9.17) is 4.74 Å². The van der Waals surface area contributed by atoms with Gasteiger partial charge in [-0.1, -0.05) is 42.1 Å². The number of carbonyl (C=O) groups excluding carboxylic acids is 1. The van der Waals surface area contributed by atoms with Gasteiger partial charge in [-0.25, -0.2) is 4.98 Å². The topological polar surface area (TPSA) is 73.2 Å². The Bertz CT molecular complexity index is 792. The van der Waals surface area contributed by atoms with Gasteiger partial charge in [0.05, 0.1) is 6.10 Å². The number of carbonyl (C=O) groups is 1. The summed E-state index contributed by atoms with van der Waals surface area (Å²) in [5.74, 6) is 0.449. The molecule has 2 aromatic rings. The Morgan fingerprint density at radius 2 is 2.20 bits per heavy atom. The van der Waals surface area contributed by atoms with Crippen LogP contribution in [0.1, 0.15) is 35.4 Å². The molecule has 1 aliphatic rings. The fraction of sp³-hybridized carbons (Fsp3) is 0.389. The minimum atomic E-state index is -0.374. The quantitative estimate of drug-likeness (QED) is 0.606. The van der Waals surface area contributed by atoms with Gasteiger partial charge in [-0.05, 0) is 18.9 Å². The predicted octanol–water partition coefficient (Wildman–Crippen LogP) is 2.25. The van der Waals surface area contributed by atoms with Crippen LogP contribution in [0.5, 0.6) is 0 Å². The van der Waals surface area contributed by atoms with E-state index in [1.807, 2.05) is 37.3 Å². The molecular formula is C18H21N3O3S. The van der Waals surface area contributed by atoms with E-state index in [1.54, 1.807) is 4.57 Å². The smallest absolute Gasteiger partial charge is 0.267 e. The van der Waals surface area contributed by atoms with Crippen molar-refractivity contribution in [1.82, 2.24) is 14.9 Å². The Balaban J connectivity index is 1.44. The third-order valence-electron chi connectivity index (χ3n) is 4.04. The molecule has 0 radical (unpaired) electrons. The van der Waals surface area contributed by atoms with Gasteiger partial charge in [0.25, 0.3) is 11.5 Å². The van der Waals surface area contributed by atoms with E-state index in [9.17, 15) is 9.59 Å². The molecule has 0 fully saturated rings. The second-order valence-electron chi connectivity index (χ2n) is 5.79. The predicted molar refractivity (Wildman–Crippen MR) is 97.0 cm³/mol. The summed E-state index contributed by atoms with van der Waals surface area (Å²) in [6, 6.07) is 9.99. The maximum atomic E-state index is 12.3. The molecule has 1 N–H and O–H groups in total. The van der Waals surface area contributed by atoms with Crippen molar-refractivity contribution in [2.45, 2.75) is 31.1 Å². The van der Waals surface area contributed by atoms with Crippen molar-refractivity contribution in [3.05, 3.63) is 58.0 Å². The number of fused-ring (bicyclic) bond motifs is 1. The van der Waals surface area contributed by atoms with Gasteiger partial charge in [0.2, 0.25) is 0 Å². The lowest BCUT2D eigenvalue weighted by atomic mass is 10.1. The molecule has 3 rings (SSSR count). The second kappa shape index (κ2) is 8.31. The molecule has 0 bridgehead atoms. The first kappa shape index (κ1) is 17.7. The summed E-state index contributed by atoms with van der Waals surface area (Å²) in [6.45, 7) is 3.60. The molecule has 1 aromatic carbocycles. The zero-order valence-electron chi connectivity index (χ0n) is 14.1. The Hall–Kier alpha value is -2.12. The third-order valence-corrected chi connectivity index (χ3v) is 5.02. The van der Waals surface area contributed by atoms with Gasteiger partial charge in [-0.3, -0.25) is 14.2 Å². The molecule has 0 aliphatic carbocycles. The lowest BCUT2D eigenvalue weighted by Crippen LogP contribution is -2.34. The van der Waals surface area contributed by atoms with Crippen LogP contribution in [-0.2, 0) is 11.3 Å². The largest absolute Gasteiger partial charge is 0.374 e. The standard InChI is InChI=1S/C18H21N3O3S/c1-13(14-6-3-2-4-7-14)24-10-5-8-19-16(22)15-12-20-18-21(17(15)23)9-11-25-18/h2-4,6-7,12-13H,5,8-11H2,1H3,(H,19,22). The summed E-state index contributed by atoms with van der Waals surface area (Å²) in [7, 11) is 0. The van der Waals surface area contributed by atoms with Gasteiger partial charge in [0.15, 0.2) is 5.16 Å². The molecule has 6 nitrogen and oxygen atoms in total. The lowest BCUT2D eigenvalue weighted by Gasteiger charge is -2.13. The maximum absolute atomic E-state index is 12.3. The van der Waals surface area contributed by atoms with Crippen LogP contribution >= 0.6 is 11.8 Å². The fourth-order valence-corrected chi connectivity index (χ4v) is 3.54. The average Bonchev–Trinajstić information content (AvgIpc) is 3.12. The minimum absolute atomic E-state index is 0.0138. The highest BCUT2D eigenvalue weighted by atomic mass is 32.2. The first-order chi connectivity index (χ1) is 12.2. The van der Waals surface area contributed by atoms with Crippen LogP contribution in [0.25, 0.3) is 0 Å². The Morgan fingerprint density at radius 1 is 1.40 bits per heavy atom. The molecule has 25 heavy (non-hydrogen) atoms.